The molecule has 0 radical (unpaired) electrons. The van der Waals surface area contributed by atoms with Gasteiger partial charge in [-0.15, -0.1) is 0 Å². The lowest BCUT2D eigenvalue weighted by molar-refractivity contribution is -0.142. The van der Waals surface area contributed by atoms with Crippen LogP contribution in [0.1, 0.15) is 17.5 Å². The Balaban J connectivity index is 1.85. The lowest BCUT2D eigenvalue weighted by Gasteiger charge is -2.23. The lowest BCUT2D eigenvalue weighted by atomic mass is 10.2. The summed E-state index contributed by atoms with van der Waals surface area (Å²) in [7, 11) is 1.54. The first kappa shape index (κ1) is 13.9. The van der Waals surface area contributed by atoms with E-state index in [0.29, 0.717) is 12.2 Å². The highest BCUT2D eigenvalue weighted by molar-refractivity contribution is 5.49. The molecular weight excluding hydrogens is 285 g/mol. The van der Waals surface area contributed by atoms with Gasteiger partial charge in [0.25, 0.3) is 0 Å². The maximum absolute atomic E-state index is 12.4. The van der Waals surface area contributed by atoms with Crippen molar-refractivity contribution in [3.05, 3.63) is 42.0 Å². The number of pyridine rings is 1. The number of ether oxygens (including phenoxy) is 1. The number of methoxy groups -OCH3 is 1. The number of aromatic nitrogens is 3. The number of hydrogen-bond donors (Lipinski definition) is 0. The Kier molecular flexibility index (Phi) is 3.32. The van der Waals surface area contributed by atoms with Crippen LogP contribution >= 0.6 is 0 Å². The van der Waals surface area contributed by atoms with Gasteiger partial charge in [-0.3, -0.25) is 9.67 Å². The molecule has 0 aromatic carbocycles. The van der Waals surface area contributed by atoms with Crippen LogP contribution in [0.25, 0.3) is 0 Å². The lowest BCUT2D eigenvalue weighted by Crippen LogP contribution is -2.23. The third kappa shape index (κ3) is 2.71. The highest BCUT2D eigenvalue weighted by Crippen LogP contribution is 2.36. The van der Waals surface area contributed by atoms with Gasteiger partial charge in [0.1, 0.15) is 6.54 Å². The summed E-state index contributed by atoms with van der Waals surface area (Å²) >= 11 is 0. The second-order valence-corrected chi connectivity index (χ2v) is 4.78. The van der Waals surface area contributed by atoms with Gasteiger partial charge in [0.2, 0.25) is 0 Å². The van der Waals surface area contributed by atoms with Crippen molar-refractivity contribution >= 4 is 5.69 Å². The van der Waals surface area contributed by atoms with Gasteiger partial charge < -0.3 is 9.64 Å². The normalized spacial score (nSPS) is 18.1. The van der Waals surface area contributed by atoms with Crippen LogP contribution in [-0.4, -0.2) is 28.1 Å². The monoisotopic (exact) mass is 298 g/mol. The van der Waals surface area contributed by atoms with Crippen LogP contribution < -0.4 is 4.90 Å². The van der Waals surface area contributed by atoms with Crippen LogP contribution in [0.4, 0.5) is 18.9 Å². The van der Waals surface area contributed by atoms with Crippen LogP contribution in [0.15, 0.2) is 30.7 Å². The number of fused-ring (bicyclic) bond motifs is 1. The van der Waals surface area contributed by atoms with E-state index in [1.807, 2.05) is 17.0 Å². The standard InChI is InChI=1S/C13H13F3N4O/c1-21-12-11-9(3-2-4-17-11)6-20(12)10-5-18-19(7-10)8-13(14,15)16/h2-5,7,12H,6,8H2,1H3. The Morgan fingerprint density at radius 3 is 2.95 bits per heavy atom. The maximum atomic E-state index is 12.4. The summed E-state index contributed by atoms with van der Waals surface area (Å²) in [4.78, 5) is 6.11. The Morgan fingerprint density at radius 2 is 2.24 bits per heavy atom. The second-order valence-electron chi connectivity index (χ2n) is 4.78. The molecule has 0 N–H and O–H groups in total. The average Bonchev–Trinajstić information content (AvgIpc) is 3.00. The molecule has 112 valence electrons. The fourth-order valence-electron chi connectivity index (χ4n) is 2.46. The molecule has 3 rings (SSSR count). The van der Waals surface area contributed by atoms with Crippen LogP contribution in [0, 0.1) is 0 Å². The minimum atomic E-state index is -4.29. The quantitative estimate of drug-likeness (QED) is 0.873. The third-order valence-electron chi connectivity index (χ3n) is 3.30. The van der Waals surface area contributed by atoms with E-state index in [1.54, 1.807) is 13.3 Å². The van der Waals surface area contributed by atoms with Gasteiger partial charge in [0.05, 0.1) is 17.6 Å². The number of hydrogen-bond acceptors (Lipinski definition) is 4. The van der Waals surface area contributed by atoms with E-state index in [9.17, 15) is 13.2 Å². The summed E-state index contributed by atoms with van der Waals surface area (Å²) < 4.78 is 43.4. The molecule has 0 amide bonds. The SMILES string of the molecule is COC1c2ncccc2CN1c1cnn(CC(F)(F)F)c1. The van der Waals surface area contributed by atoms with E-state index < -0.39 is 18.9 Å². The van der Waals surface area contributed by atoms with Crippen molar-refractivity contribution in [3.8, 4) is 0 Å². The summed E-state index contributed by atoms with van der Waals surface area (Å²) in [5, 5.41) is 3.76. The topological polar surface area (TPSA) is 43.2 Å². The fraction of sp³-hybridized carbons (Fsp3) is 0.385. The molecule has 0 fully saturated rings. The van der Waals surface area contributed by atoms with Gasteiger partial charge in [-0.25, -0.2) is 0 Å². The summed E-state index contributed by atoms with van der Waals surface area (Å²) in [6.45, 7) is -0.580. The van der Waals surface area contributed by atoms with Crippen molar-refractivity contribution in [2.45, 2.75) is 25.5 Å². The molecule has 5 nitrogen and oxygen atoms in total. The molecule has 1 aliphatic rings. The minimum Gasteiger partial charge on any atom is -0.356 e. The molecule has 8 heteroatoms. The van der Waals surface area contributed by atoms with E-state index in [2.05, 4.69) is 10.1 Å². The minimum absolute atomic E-state index is 0.412. The van der Waals surface area contributed by atoms with Crippen molar-refractivity contribution in [1.29, 1.82) is 0 Å². The Labute approximate surface area is 119 Å². The van der Waals surface area contributed by atoms with E-state index >= 15 is 0 Å². The molecule has 0 saturated carbocycles. The maximum Gasteiger partial charge on any atom is 0.408 e. The largest absolute Gasteiger partial charge is 0.408 e. The molecule has 1 aliphatic heterocycles. The second kappa shape index (κ2) is 5.03. The van der Waals surface area contributed by atoms with E-state index in [4.69, 9.17) is 4.74 Å². The molecule has 0 aliphatic carbocycles. The zero-order chi connectivity index (χ0) is 15.0. The van der Waals surface area contributed by atoms with Gasteiger partial charge in [-0.2, -0.15) is 18.3 Å². The first-order valence-corrected chi connectivity index (χ1v) is 6.30. The van der Waals surface area contributed by atoms with Gasteiger partial charge in [-0.05, 0) is 11.6 Å². The van der Waals surface area contributed by atoms with Crippen LogP contribution in [0.2, 0.25) is 0 Å². The summed E-state index contributed by atoms with van der Waals surface area (Å²) in [5.74, 6) is 0. The molecule has 2 aromatic heterocycles. The molecule has 1 atom stereocenters. The highest BCUT2D eigenvalue weighted by atomic mass is 19.4. The first-order valence-electron chi connectivity index (χ1n) is 6.30. The van der Waals surface area contributed by atoms with Gasteiger partial charge in [-0.1, -0.05) is 6.07 Å². The zero-order valence-corrected chi connectivity index (χ0v) is 11.2. The number of anilines is 1. The number of halogens is 3. The van der Waals surface area contributed by atoms with Crippen LogP contribution in [0.5, 0.6) is 0 Å². The van der Waals surface area contributed by atoms with Gasteiger partial charge in [0, 0.05) is 26.0 Å². The summed E-state index contributed by atoms with van der Waals surface area (Å²) in [6.07, 6.45) is -0.264. The molecule has 2 aromatic rings. The van der Waals surface area contributed by atoms with Crippen LogP contribution in [0.3, 0.4) is 0 Å². The molecule has 0 spiro atoms. The van der Waals surface area contributed by atoms with Crippen molar-refractivity contribution in [3.63, 3.8) is 0 Å². The number of rotatable bonds is 3. The molecule has 0 saturated heterocycles. The smallest absolute Gasteiger partial charge is 0.356 e. The summed E-state index contributed by atoms with van der Waals surface area (Å²) in [6, 6.07) is 3.75. The van der Waals surface area contributed by atoms with Crippen LogP contribution in [-0.2, 0) is 17.8 Å². The van der Waals surface area contributed by atoms with E-state index in [-0.39, 0.29) is 0 Å². The van der Waals surface area contributed by atoms with Crippen molar-refractivity contribution < 1.29 is 17.9 Å². The Morgan fingerprint density at radius 1 is 1.43 bits per heavy atom. The molecule has 0 bridgehead atoms. The zero-order valence-electron chi connectivity index (χ0n) is 11.2. The predicted octanol–water partition coefficient (Wildman–Crippen LogP) is 2.51. The molecule has 1 unspecified atom stereocenters. The molecule has 3 heterocycles. The third-order valence-corrected chi connectivity index (χ3v) is 3.30. The predicted molar refractivity (Wildman–Crippen MR) is 68.5 cm³/mol. The van der Waals surface area contributed by atoms with Gasteiger partial charge >= 0.3 is 6.18 Å². The Hall–Kier alpha value is -2.09. The van der Waals surface area contributed by atoms with Crippen molar-refractivity contribution in [2.24, 2.45) is 0 Å². The molecular formula is C13H13F3N4O. The van der Waals surface area contributed by atoms with Crippen molar-refractivity contribution in [1.82, 2.24) is 14.8 Å². The van der Waals surface area contributed by atoms with E-state index in [1.165, 1.54) is 12.4 Å². The number of nitrogens with zero attached hydrogens (tertiary/aromatic N) is 4. The summed E-state index contributed by atoms with van der Waals surface area (Å²) in [5.41, 5.74) is 2.35. The Bertz CT molecular complexity index is 640. The average molecular weight is 298 g/mol. The van der Waals surface area contributed by atoms with Crippen molar-refractivity contribution in [2.75, 3.05) is 12.0 Å². The highest BCUT2D eigenvalue weighted by Gasteiger charge is 2.33. The first-order chi connectivity index (χ1) is 9.98. The van der Waals surface area contributed by atoms with E-state index in [0.717, 1.165) is 15.9 Å². The fourth-order valence-corrected chi connectivity index (χ4v) is 2.46. The number of alkyl halides is 3. The van der Waals surface area contributed by atoms with Gasteiger partial charge in [0.15, 0.2) is 6.23 Å². The molecule has 21 heavy (non-hydrogen) atoms.